The third kappa shape index (κ3) is 0.843. The van der Waals surface area contributed by atoms with Gasteiger partial charge in [0.15, 0.2) is 0 Å². The van der Waals surface area contributed by atoms with Gasteiger partial charge in [0.1, 0.15) is 0 Å². The molecule has 12 heavy (non-hydrogen) atoms. The molecule has 0 nitrogen and oxygen atoms in total. The molecule has 5 unspecified atom stereocenters. The van der Waals surface area contributed by atoms with Crippen molar-refractivity contribution in [2.24, 2.45) is 35.0 Å². The van der Waals surface area contributed by atoms with Crippen molar-refractivity contribution in [1.82, 2.24) is 0 Å². The summed E-state index contributed by atoms with van der Waals surface area (Å²) in [7, 11) is 0. The second-order valence-corrected chi connectivity index (χ2v) is 5.64. The highest BCUT2D eigenvalue weighted by molar-refractivity contribution is 5.22. The molecule has 70 valence electrons. The van der Waals surface area contributed by atoms with Crippen molar-refractivity contribution in [3.63, 3.8) is 0 Å². The van der Waals surface area contributed by atoms with Crippen LogP contribution in [-0.4, -0.2) is 0 Å². The topological polar surface area (TPSA) is 0 Å². The second kappa shape index (κ2) is 2.27. The standard InChI is InChI=1S/C12H22/c1-7(2)9(4)11-10(5)12(11)6-8(12)3/h7-11H,6H2,1-5H3. The van der Waals surface area contributed by atoms with Gasteiger partial charge in [-0.1, -0.05) is 34.6 Å². The Balaban J connectivity index is 2.01. The molecule has 1 spiro atoms. The Morgan fingerprint density at radius 3 is 1.92 bits per heavy atom. The third-order valence-electron chi connectivity index (χ3n) is 4.93. The molecule has 0 heteroatoms. The molecule has 2 aliphatic rings. The lowest BCUT2D eigenvalue weighted by Gasteiger charge is -2.15. The minimum Gasteiger partial charge on any atom is -0.0625 e. The third-order valence-corrected chi connectivity index (χ3v) is 4.93. The van der Waals surface area contributed by atoms with Crippen molar-refractivity contribution in [3.05, 3.63) is 0 Å². The zero-order valence-corrected chi connectivity index (χ0v) is 9.09. The van der Waals surface area contributed by atoms with Crippen LogP contribution in [0.25, 0.3) is 0 Å². The molecule has 0 N–H and O–H groups in total. The summed E-state index contributed by atoms with van der Waals surface area (Å²) in [5, 5.41) is 0. The van der Waals surface area contributed by atoms with Crippen LogP contribution in [0.2, 0.25) is 0 Å². The van der Waals surface area contributed by atoms with Gasteiger partial charge in [-0.3, -0.25) is 0 Å². The van der Waals surface area contributed by atoms with Gasteiger partial charge < -0.3 is 0 Å². The van der Waals surface area contributed by atoms with E-state index in [1.807, 2.05) is 0 Å². The minimum atomic E-state index is 0.837. The first-order valence-corrected chi connectivity index (χ1v) is 5.51. The highest BCUT2D eigenvalue weighted by Gasteiger charge is 2.74. The van der Waals surface area contributed by atoms with E-state index in [0.29, 0.717) is 0 Å². The van der Waals surface area contributed by atoms with E-state index < -0.39 is 0 Å². The Morgan fingerprint density at radius 2 is 1.67 bits per heavy atom. The number of hydrogen-bond acceptors (Lipinski definition) is 0. The first-order valence-electron chi connectivity index (χ1n) is 5.51. The van der Waals surface area contributed by atoms with Gasteiger partial charge in [0.05, 0.1) is 0 Å². The summed E-state index contributed by atoms with van der Waals surface area (Å²) in [6, 6.07) is 0. The lowest BCUT2D eigenvalue weighted by Crippen LogP contribution is -2.08. The van der Waals surface area contributed by atoms with Crippen LogP contribution in [0.3, 0.4) is 0 Å². The monoisotopic (exact) mass is 166 g/mol. The molecule has 5 atom stereocenters. The normalized spacial score (nSPS) is 53.0. The summed E-state index contributed by atoms with van der Waals surface area (Å²) >= 11 is 0. The van der Waals surface area contributed by atoms with E-state index in [2.05, 4.69) is 34.6 Å². The fourth-order valence-corrected chi connectivity index (χ4v) is 3.62. The fourth-order valence-electron chi connectivity index (χ4n) is 3.62. The van der Waals surface area contributed by atoms with E-state index in [1.165, 1.54) is 6.42 Å². The number of hydrogen-bond donors (Lipinski definition) is 0. The molecule has 2 saturated carbocycles. The Morgan fingerprint density at radius 1 is 1.17 bits per heavy atom. The summed E-state index contributed by atoms with van der Waals surface area (Å²) in [6.07, 6.45) is 1.52. The van der Waals surface area contributed by atoms with Gasteiger partial charge in [0.25, 0.3) is 0 Å². The van der Waals surface area contributed by atoms with E-state index in [-0.39, 0.29) is 0 Å². The van der Waals surface area contributed by atoms with Crippen molar-refractivity contribution in [1.29, 1.82) is 0 Å². The van der Waals surface area contributed by atoms with E-state index in [9.17, 15) is 0 Å². The maximum atomic E-state index is 2.47. The summed E-state index contributed by atoms with van der Waals surface area (Å²) in [6.45, 7) is 12.1. The highest BCUT2D eigenvalue weighted by atomic mass is 14.8. The molecular formula is C12H22. The van der Waals surface area contributed by atoms with Crippen LogP contribution in [0, 0.1) is 35.0 Å². The highest BCUT2D eigenvalue weighted by Crippen LogP contribution is 2.80. The van der Waals surface area contributed by atoms with Crippen molar-refractivity contribution >= 4 is 0 Å². The fraction of sp³-hybridized carbons (Fsp3) is 1.00. The van der Waals surface area contributed by atoms with Crippen LogP contribution in [0.4, 0.5) is 0 Å². The largest absolute Gasteiger partial charge is 0.0625 e. The molecule has 2 aliphatic carbocycles. The van der Waals surface area contributed by atoms with Gasteiger partial charge in [-0.15, -0.1) is 0 Å². The zero-order valence-electron chi connectivity index (χ0n) is 9.09. The molecule has 2 rings (SSSR count). The summed E-state index contributed by atoms with van der Waals surface area (Å²) < 4.78 is 0. The summed E-state index contributed by atoms with van der Waals surface area (Å²) in [4.78, 5) is 0. The van der Waals surface area contributed by atoms with Crippen LogP contribution in [0.1, 0.15) is 41.0 Å². The Hall–Kier alpha value is 0. The first kappa shape index (κ1) is 8.59. The average Bonchev–Trinajstić information content (AvgIpc) is 2.76. The predicted octanol–water partition coefficient (Wildman–Crippen LogP) is 3.57. The van der Waals surface area contributed by atoms with E-state index in [0.717, 1.165) is 35.0 Å². The molecule has 0 amide bonds. The van der Waals surface area contributed by atoms with Gasteiger partial charge in [0, 0.05) is 0 Å². The molecule has 0 heterocycles. The van der Waals surface area contributed by atoms with Gasteiger partial charge in [-0.05, 0) is 41.4 Å². The Bertz CT molecular complexity index is 194. The SMILES string of the molecule is CC(C)C(C)C1C(C)C12CC2C. The Labute approximate surface area is 76.7 Å². The van der Waals surface area contributed by atoms with Gasteiger partial charge in [0.2, 0.25) is 0 Å². The molecule has 0 aromatic heterocycles. The van der Waals surface area contributed by atoms with Gasteiger partial charge in [-0.25, -0.2) is 0 Å². The first-order chi connectivity index (χ1) is 5.51. The van der Waals surface area contributed by atoms with Crippen molar-refractivity contribution < 1.29 is 0 Å². The summed E-state index contributed by atoms with van der Waals surface area (Å²) in [5.74, 6) is 4.96. The lowest BCUT2D eigenvalue weighted by atomic mass is 9.91. The zero-order chi connectivity index (χ0) is 9.09. The molecule has 0 aliphatic heterocycles. The lowest BCUT2D eigenvalue weighted by molar-refractivity contribution is 0.340. The minimum absolute atomic E-state index is 0.837. The smallest absolute Gasteiger partial charge is 0.0207 e. The van der Waals surface area contributed by atoms with Crippen LogP contribution in [0.15, 0.2) is 0 Å². The van der Waals surface area contributed by atoms with Crippen LogP contribution in [-0.2, 0) is 0 Å². The van der Waals surface area contributed by atoms with Gasteiger partial charge >= 0.3 is 0 Å². The van der Waals surface area contributed by atoms with Crippen molar-refractivity contribution in [2.45, 2.75) is 41.0 Å². The van der Waals surface area contributed by atoms with Crippen LogP contribution >= 0.6 is 0 Å². The maximum Gasteiger partial charge on any atom is -0.0207 e. The number of rotatable bonds is 2. The van der Waals surface area contributed by atoms with Gasteiger partial charge in [-0.2, -0.15) is 0 Å². The van der Waals surface area contributed by atoms with Crippen molar-refractivity contribution in [3.8, 4) is 0 Å². The predicted molar refractivity (Wildman–Crippen MR) is 52.9 cm³/mol. The van der Waals surface area contributed by atoms with E-state index in [1.54, 1.807) is 0 Å². The molecule has 2 fully saturated rings. The molecule has 0 aromatic carbocycles. The van der Waals surface area contributed by atoms with Crippen LogP contribution < -0.4 is 0 Å². The molecular weight excluding hydrogens is 144 g/mol. The van der Waals surface area contributed by atoms with E-state index >= 15 is 0 Å². The molecule has 0 bridgehead atoms. The molecule has 0 aromatic rings. The quantitative estimate of drug-likeness (QED) is 0.588. The van der Waals surface area contributed by atoms with Crippen LogP contribution in [0.5, 0.6) is 0 Å². The Kier molecular flexibility index (Phi) is 1.63. The maximum absolute atomic E-state index is 2.47. The molecule has 0 radical (unpaired) electrons. The summed E-state index contributed by atoms with van der Waals surface area (Å²) in [5.41, 5.74) is 0.837. The van der Waals surface area contributed by atoms with Crippen molar-refractivity contribution in [2.75, 3.05) is 0 Å². The second-order valence-electron chi connectivity index (χ2n) is 5.64. The molecule has 0 saturated heterocycles. The average molecular weight is 166 g/mol. The van der Waals surface area contributed by atoms with E-state index in [4.69, 9.17) is 0 Å².